The smallest absolute Gasteiger partial charge is 0.224 e. The molecule has 110 valence electrons. The van der Waals surface area contributed by atoms with E-state index >= 15 is 0 Å². The van der Waals surface area contributed by atoms with Crippen LogP contribution in [0.1, 0.15) is 36.1 Å². The van der Waals surface area contributed by atoms with Gasteiger partial charge in [-0.2, -0.15) is 0 Å². The van der Waals surface area contributed by atoms with Gasteiger partial charge in [-0.1, -0.05) is 54.9 Å². The number of aryl methyl sites for hydroxylation is 1. The summed E-state index contributed by atoms with van der Waals surface area (Å²) in [6.45, 7) is 4.15. The van der Waals surface area contributed by atoms with Crippen LogP contribution < -0.4 is 5.32 Å². The summed E-state index contributed by atoms with van der Waals surface area (Å²) in [5.41, 5.74) is 3.31. The second-order valence-corrected chi connectivity index (χ2v) is 5.63. The molecule has 0 spiro atoms. The van der Waals surface area contributed by atoms with E-state index in [-0.39, 0.29) is 11.9 Å². The van der Waals surface area contributed by atoms with Crippen LogP contribution in [-0.4, -0.2) is 5.91 Å². The van der Waals surface area contributed by atoms with Gasteiger partial charge in [-0.05, 0) is 42.2 Å². The van der Waals surface area contributed by atoms with E-state index in [9.17, 15) is 4.79 Å². The van der Waals surface area contributed by atoms with Gasteiger partial charge in [0.05, 0.1) is 12.5 Å². The van der Waals surface area contributed by atoms with Crippen molar-refractivity contribution in [3.05, 3.63) is 70.2 Å². The van der Waals surface area contributed by atoms with Crippen molar-refractivity contribution in [2.24, 2.45) is 0 Å². The van der Waals surface area contributed by atoms with Crippen LogP contribution in [0, 0.1) is 6.92 Å². The summed E-state index contributed by atoms with van der Waals surface area (Å²) in [7, 11) is 0. The Kier molecular flexibility index (Phi) is 5.40. The molecule has 1 N–H and O–H groups in total. The summed E-state index contributed by atoms with van der Waals surface area (Å²) >= 11 is 5.95. The zero-order chi connectivity index (χ0) is 15.2. The molecule has 1 amide bonds. The number of amides is 1. The minimum atomic E-state index is 0.0207. The van der Waals surface area contributed by atoms with E-state index in [1.54, 1.807) is 0 Å². The fourth-order valence-corrected chi connectivity index (χ4v) is 2.67. The quantitative estimate of drug-likeness (QED) is 0.868. The van der Waals surface area contributed by atoms with E-state index in [0.29, 0.717) is 11.4 Å². The molecular weight excluding hydrogens is 282 g/mol. The molecule has 0 aliphatic rings. The van der Waals surface area contributed by atoms with Crippen molar-refractivity contribution in [1.29, 1.82) is 0 Å². The number of benzene rings is 2. The highest BCUT2D eigenvalue weighted by atomic mass is 35.5. The normalized spacial score (nSPS) is 12.0. The Morgan fingerprint density at radius 1 is 1.19 bits per heavy atom. The molecular formula is C18H20ClNO. The Balaban J connectivity index is 2.05. The maximum absolute atomic E-state index is 12.2. The minimum absolute atomic E-state index is 0.0207. The first-order valence-corrected chi connectivity index (χ1v) is 7.57. The third-order valence-electron chi connectivity index (χ3n) is 3.56. The van der Waals surface area contributed by atoms with Gasteiger partial charge in [0.25, 0.3) is 0 Å². The standard InChI is InChI=1S/C18H20ClNO/c1-3-17(16-10-5-4-7-13(16)2)20-18(21)12-14-8-6-9-15(19)11-14/h4-11,17H,3,12H2,1-2H3,(H,20,21). The number of carbonyl (C=O) groups excluding carboxylic acids is 1. The molecule has 0 heterocycles. The Bertz CT molecular complexity index is 624. The molecule has 21 heavy (non-hydrogen) atoms. The van der Waals surface area contributed by atoms with Crippen molar-refractivity contribution >= 4 is 17.5 Å². The number of hydrogen-bond donors (Lipinski definition) is 1. The van der Waals surface area contributed by atoms with Crippen molar-refractivity contribution in [2.75, 3.05) is 0 Å². The van der Waals surface area contributed by atoms with E-state index in [1.807, 2.05) is 36.4 Å². The number of rotatable bonds is 5. The average Bonchev–Trinajstić information content (AvgIpc) is 2.45. The van der Waals surface area contributed by atoms with Gasteiger partial charge < -0.3 is 5.32 Å². The minimum Gasteiger partial charge on any atom is -0.349 e. The molecule has 0 aliphatic heterocycles. The van der Waals surface area contributed by atoms with Gasteiger partial charge in [0.2, 0.25) is 5.91 Å². The molecule has 2 nitrogen and oxygen atoms in total. The zero-order valence-corrected chi connectivity index (χ0v) is 13.2. The van der Waals surface area contributed by atoms with Gasteiger partial charge >= 0.3 is 0 Å². The summed E-state index contributed by atoms with van der Waals surface area (Å²) in [6, 6.07) is 15.6. The van der Waals surface area contributed by atoms with Crippen molar-refractivity contribution in [1.82, 2.24) is 5.32 Å². The molecule has 1 atom stereocenters. The Hall–Kier alpha value is -1.80. The Morgan fingerprint density at radius 3 is 2.62 bits per heavy atom. The summed E-state index contributed by atoms with van der Waals surface area (Å²) < 4.78 is 0. The predicted octanol–water partition coefficient (Wildman–Crippen LogP) is 4.46. The molecule has 0 saturated heterocycles. The van der Waals surface area contributed by atoms with Crippen molar-refractivity contribution < 1.29 is 4.79 Å². The molecule has 0 saturated carbocycles. The van der Waals surface area contributed by atoms with Gasteiger partial charge in [0.1, 0.15) is 0 Å². The van der Waals surface area contributed by atoms with Gasteiger partial charge in [-0.3, -0.25) is 4.79 Å². The van der Waals surface area contributed by atoms with Gasteiger partial charge in [0, 0.05) is 5.02 Å². The van der Waals surface area contributed by atoms with Crippen molar-refractivity contribution in [3.8, 4) is 0 Å². The predicted molar refractivity (Wildman–Crippen MR) is 87.5 cm³/mol. The summed E-state index contributed by atoms with van der Waals surface area (Å²) in [4.78, 5) is 12.2. The summed E-state index contributed by atoms with van der Waals surface area (Å²) in [5, 5.41) is 3.77. The van der Waals surface area contributed by atoms with E-state index in [1.165, 1.54) is 11.1 Å². The van der Waals surface area contributed by atoms with Crippen molar-refractivity contribution in [2.45, 2.75) is 32.7 Å². The second kappa shape index (κ2) is 7.28. The van der Waals surface area contributed by atoms with Crippen LogP contribution in [0.5, 0.6) is 0 Å². The lowest BCUT2D eigenvalue weighted by Gasteiger charge is -2.19. The van der Waals surface area contributed by atoms with E-state index in [4.69, 9.17) is 11.6 Å². The Labute approximate surface area is 131 Å². The largest absolute Gasteiger partial charge is 0.349 e. The van der Waals surface area contributed by atoms with Gasteiger partial charge in [-0.25, -0.2) is 0 Å². The van der Waals surface area contributed by atoms with Crippen LogP contribution in [0.15, 0.2) is 48.5 Å². The van der Waals surface area contributed by atoms with Gasteiger partial charge in [-0.15, -0.1) is 0 Å². The highest BCUT2D eigenvalue weighted by Crippen LogP contribution is 2.20. The van der Waals surface area contributed by atoms with E-state index < -0.39 is 0 Å². The van der Waals surface area contributed by atoms with Crippen molar-refractivity contribution in [3.63, 3.8) is 0 Å². The molecule has 1 unspecified atom stereocenters. The van der Waals surface area contributed by atoms with Gasteiger partial charge in [0.15, 0.2) is 0 Å². The van der Waals surface area contributed by atoms with Crippen LogP contribution in [0.3, 0.4) is 0 Å². The summed E-state index contributed by atoms with van der Waals surface area (Å²) in [6.07, 6.45) is 1.22. The lowest BCUT2D eigenvalue weighted by atomic mass is 9.99. The lowest BCUT2D eigenvalue weighted by molar-refractivity contribution is -0.121. The first-order chi connectivity index (χ1) is 10.1. The van der Waals surface area contributed by atoms with Crippen LogP contribution in [0.4, 0.5) is 0 Å². The number of nitrogens with one attached hydrogen (secondary N) is 1. The molecule has 0 radical (unpaired) electrons. The van der Waals surface area contributed by atoms with Crippen LogP contribution >= 0.6 is 11.6 Å². The summed E-state index contributed by atoms with van der Waals surface area (Å²) in [5.74, 6) is 0.0207. The fraction of sp³-hybridized carbons (Fsp3) is 0.278. The zero-order valence-electron chi connectivity index (χ0n) is 12.4. The molecule has 2 rings (SSSR count). The molecule has 0 bridgehead atoms. The SMILES string of the molecule is CCC(NC(=O)Cc1cccc(Cl)c1)c1ccccc1C. The average molecular weight is 302 g/mol. The van der Waals surface area contributed by atoms with Crippen LogP contribution in [0.2, 0.25) is 5.02 Å². The fourth-order valence-electron chi connectivity index (χ4n) is 2.46. The number of halogens is 1. The van der Waals surface area contributed by atoms with E-state index in [2.05, 4.69) is 31.3 Å². The van der Waals surface area contributed by atoms with Crippen LogP contribution in [0.25, 0.3) is 0 Å². The Morgan fingerprint density at radius 2 is 1.95 bits per heavy atom. The molecule has 2 aromatic carbocycles. The first-order valence-electron chi connectivity index (χ1n) is 7.19. The topological polar surface area (TPSA) is 29.1 Å². The highest BCUT2D eigenvalue weighted by Gasteiger charge is 2.14. The maximum atomic E-state index is 12.2. The third kappa shape index (κ3) is 4.33. The highest BCUT2D eigenvalue weighted by molar-refractivity contribution is 6.30. The lowest BCUT2D eigenvalue weighted by Crippen LogP contribution is -2.29. The number of hydrogen-bond acceptors (Lipinski definition) is 1. The van der Waals surface area contributed by atoms with E-state index in [0.717, 1.165) is 12.0 Å². The maximum Gasteiger partial charge on any atom is 0.224 e. The third-order valence-corrected chi connectivity index (χ3v) is 3.80. The molecule has 0 aliphatic carbocycles. The monoisotopic (exact) mass is 301 g/mol. The molecule has 2 aromatic rings. The second-order valence-electron chi connectivity index (χ2n) is 5.19. The number of carbonyl (C=O) groups is 1. The molecule has 0 aromatic heterocycles. The first kappa shape index (κ1) is 15.6. The molecule has 3 heteroatoms. The van der Waals surface area contributed by atoms with Crippen LogP contribution in [-0.2, 0) is 11.2 Å². The molecule has 0 fully saturated rings.